The van der Waals surface area contributed by atoms with Crippen LogP contribution in [-0.4, -0.2) is 83.9 Å². The number of piperazine rings is 1. The molecule has 136 valence electrons. The predicted octanol–water partition coefficient (Wildman–Crippen LogP) is -0.412. The summed E-state index contributed by atoms with van der Waals surface area (Å²) in [5, 5.41) is 2.11. The van der Waals surface area contributed by atoms with E-state index in [4.69, 9.17) is 5.73 Å². The van der Waals surface area contributed by atoms with E-state index in [1.54, 1.807) is 6.92 Å². The number of nitrogens with one attached hydrogen (secondary N) is 1. The highest BCUT2D eigenvalue weighted by Crippen LogP contribution is 2.17. The predicted molar refractivity (Wildman–Crippen MR) is 90.2 cm³/mol. The number of hydrogen-bond donors (Lipinski definition) is 2. The molecule has 2 aliphatic rings. The van der Waals surface area contributed by atoms with Crippen molar-refractivity contribution < 1.29 is 14.4 Å². The summed E-state index contributed by atoms with van der Waals surface area (Å²) in [6.45, 7) is 8.05. The molecule has 4 amide bonds. The second-order valence-corrected chi connectivity index (χ2v) is 6.77. The molecule has 0 spiro atoms. The standard InChI is InChI=1S/C16H29N5O3/c1-12-5-3-4-6-21(12)14(22)11-19-7-9-20(10-8-19)13(2)15(23)18-16(17)24/h12-13H,3-11H2,1-2H3,(H3,17,18,23,24). The molecule has 8 heteroatoms. The van der Waals surface area contributed by atoms with E-state index in [1.807, 2.05) is 9.80 Å². The van der Waals surface area contributed by atoms with Gasteiger partial charge in [-0.1, -0.05) is 0 Å². The van der Waals surface area contributed by atoms with Gasteiger partial charge in [0.2, 0.25) is 11.8 Å². The number of urea groups is 1. The maximum absolute atomic E-state index is 12.5. The Morgan fingerprint density at radius 2 is 1.79 bits per heavy atom. The zero-order valence-electron chi connectivity index (χ0n) is 14.7. The molecule has 2 fully saturated rings. The smallest absolute Gasteiger partial charge is 0.318 e. The molecule has 2 saturated heterocycles. The first-order valence-electron chi connectivity index (χ1n) is 8.74. The molecule has 2 atom stereocenters. The molecule has 0 aromatic heterocycles. The molecule has 2 heterocycles. The van der Waals surface area contributed by atoms with E-state index in [0.717, 1.165) is 32.5 Å². The highest BCUT2D eigenvalue weighted by atomic mass is 16.2. The van der Waals surface area contributed by atoms with Gasteiger partial charge in [0, 0.05) is 38.8 Å². The molecule has 2 aliphatic heterocycles. The van der Waals surface area contributed by atoms with Crippen LogP contribution in [0.4, 0.5) is 4.79 Å². The van der Waals surface area contributed by atoms with Crippen molar-refractivity contribution in [3.05, 3.63) is 0 Å². The molecule has 0 saturated carbocycles. The average molecular weight is 339 g/mol. The summed E-state index contributed by atoms with van der Waals surface area (Å²) < 4.78 is 0. The highest BCUT2D eigenvalue weighted by molar-refractivity contribution is 5.96. The van der Waals surface area contributed by atoms with Gasteiger partial charge in [-0.05, 0) is 33.1 Å². The Morgan fingerprint density at radius 1 is 1.12 bits per heavy atom. The van der Waals surface area contributed by atoms with E-state index in [1.165, 1.54) is 6.42 Å². The maximum atomic E-state index is 12.5. The number of nitrogens with zero attached hydrogens (tertiary/aromatic N) is 3. The topological polar surface area (TPSA) is 99.0 Å². The molecular formula is C16H29N5O3. The van der Waals surface area contributed by atoms with Gasteiger partial charge in [-0.2, -0.15) is 0 Å². The third kappa shape index (κ3) is 4.91. The third-order valence-electron chi connectivity index (χ3n) is 5.06. The molecule has 2 unspecified atom stereocenters. The van der Waals surface area contributed by atoms with Crippen molar-refractivity contribution in [2.24, 2.45) is 5.73 Å². The Labute approximate surface area is 143 Å². The fraction of sp³-hybridized carbons (Fsp3) is 0.812. The highest BCUT2D eigenvalue weighted by Gasteiger charge is 2.29. The van der Waals surface area contributed by atoms with Crippen LogP contribution in [0.1, 0.15) is 33.1 Å². The van der Waals surface area contributed by atoms with E-state index in [-0.39, 0.29) is 11.8 Å². The molecule has 0 aromatic carbocycles. The number of carbonyl (C=O) groups is 3. The van der Waals surface area contributed by atoms with Crippen LogP contribution in [0.15, 0.2) is 0 Å². The molecule has 24 heavy (non-hydrogen) atoms. The van der Waals surface area contributed by atoms with Gasteiger partial charge in [-0.15, -0.1) is 0 Å². The summed E-state index contributed by atoms with van der Waals surface area (Å²) in [5.41, 5.74) is 4.98. The minimum absolute atomic E-state index is 0.204. The second kappa shape index (κ2) is 8.43. The lowest BCUT2D eigenvalue weighted by atomic mass is 10.0. The van der Waals surface area contributed by atoms with Crippen molar-refractivity contribution in [1.29, 1.82) is 0 Å². The molecule has 3 N–H and O–H groups in total. The summed E-state index contributed by atoms with van der Waals surface area (Å²) in [5.74, 6) is -0.177. The minimum Gasteiger partial charge on any atom is -0.351 e. The average Bonchev–Trinajstić information content (AvgIpc) is 2.54. The van der Waals surface area contributed by atoms with Crippen molar-refractivity contribution in [3.8, 4) is 0 Å². The zero-order chi connectivity index (χ0) is 17.7. The van der Waals surface area contributed by atoms with Gasteiger partial charge in [-0.25, -0.2) is 4.79 Å². The van der Waals surface area contributed by atoms with E-state index in [2.05, 4.69) is 17.1 Å². The molecule has 0 aliphatic carbocycles. The number of nitrogens with two attached hydrogens (primary N) is 1. The van der Waals surface area contributed by atoms with E-state index >= 15 is 0 Å². The number of piperidine rings is 1. The van der Waals surface area contributed by atoms with Gasteiger partial charge in [0.25, 0.3) is 0 Å². The van der Waals surface area contributed by atoms with Crippen LogP contribution in [0.5, 0.6) is 0 Å². The van der Waals surface area contributed by atoms with Gasteiger partial charge in [-0.3, -0.25) is 24.7 Å². The van der Waals surface area contributed by atoms with Crippen LogP contribution in [0.25, 0.3) is 0 Å². The van der Waals surface area contributed by atoms with Crippen molar-refractivity contribution in [2.45, 2.75) is 45.2 Å². The monoisotopic (exact) mass is 339 g/mol. The van der Waals surface area contributed by atoms with Crippen LogP contribution in [-0.2, 0) is 9.59 Å². The number of likely N-dealkylation sites (tertiary alicyclic amines) is 1. The normalized spacial score (nSPS) is 24.4. The Bertz CT molecular complexity index is 476. The van der Waals surface area contributed by atoms with Crippen LogP contribution >= 0.6 is 0 Å². The first-order valence-corrected chi connectivity index (χ1v) is 8.74. The molecule has 0 radical (unpaired) electrons. The van der Waals surface area contributed by atoms with Crippen molar-refractivity contribution in [2.75, 3.05) is 39.3 Å². The summed E-state index contributed by atoms with van der Waals surface area (Å²) in [6.07, 6.45) is 3.39. The SMILES string of the molecule is CC(C(=O)NC(N)=O)N1CCN(CC(=O)N2CCCCC2C)CC1. The van der Waals surface area contributed by atoms with Gasteiger partial charge in [0.15, 0.2) is 0 Å². The zero-order valence-corrected chi connectivity index (χ0v) is 14.7. The Kier molecular flexibility index (Phi) is 6.56. The van der Waals surface area contributed by atoms with Crippen LogP contribution in [0, 0.1) is 0 Å². The van der Waals surface area contributed by atoms with Crippen molar-refractivity contribution in [1.82, 2.24) is 20.0 Å². The first kappa shape index (κ1) is 18.7. The molecule has 0 aromatic rings. The fourth-order valence-electron chi connectivity index (χ4n) is 3.45. The summed E-state index contributed by atoms with van der Waals surface area (Å²) >= 11 is 0. The van der Waals surface area contributed by atoms with E-state index in [0.29, 0.717) is 25.7 Å². The largest absolute Gasteiger partial charge is 0.351 e. The number of amides is 4. The van der Waals surface area contributed by atoms with Crippen molar-refractivity contribution >= 4 is 17.8 Å². The quantitative estimate of drug-likeness (QED) is 0.725. The first-order chi connectivity index (χ1) is 11.4. The Balaban J connectivity index is 1.77. The second-order valence-electron chi connectivity index (χ2n) is 6.77. The van der Waals surface area contributed by atoms with Crippen LogP contribution in [0.3, 0.4) is 0 Å². The summed E-state index contributed by atoms with van der Waals surface area (Å²) in [4.78, 5) is 41.2. The Morgan fingerprint density at radius 3 is 2.38 bits per heavy atom. The molecule has 8 nitrogen and oxygen atoms in total. The number of primary amides is 1. The van der Waals surface area contributed by atoms with E-state index < -0.39 is 12.1 Å². The summed E-state index contributed by atoms with van der Waals surface area (Å²) in [7, 11) is 0. The number of rotatable bonds is 4. The maximum Gasteiger partial charge on any atom is 0.318 e. The minimum atomic E-state index is -0.827. The molecule has 2 rings (SSSR count). The number of hydrogen-bond acceptors (Lipinski definition) is 5. The Hall–Kier alpha value is -1.67. The van der Waals surface area contributed by atoms with Crippen LogP contribution in [0.2, 0.25) is 0 Å². The number of carbonyl (C=O) groups excluding carboxylic acids is 3. The molecular weight excluding hydrogens is 310 g/mol. The lowest BCUT2D eigenvalue weighted by molar-refractivity contribution is -0.136. The van der Waals surface area contributed by atoms with Crippen molar-refractivity contribution in [3.63, 3.8) is 0 Å². The van der Waals surface area contributed by atoms with Crippen LogP contribution < -0.4 is 11.1 Å². The fourth-order valence-corrected chi connectivity index (χ4v) is 3.45. The van der Waals surface area contributed by atoms with Gasteiger partial charge >= 0.3 is 6.03 Å². The van der Waals surface area contributed by atoms with E-state index in [9.17, 15) is 14.4 Å². The number of imide groups is 1. The lowest BCUT2D eigenvalue weighted by Crippen LogP contribution is -2.56. The molecule has 0 bridgehead atoms. The van der Waals surface area contributed by atoms with Gasteiger partial charge < -0.3 is 10.6 Å². The van der Waals surface area contributed by atoms with Gasteiger partial charge in [0.05, 0.1) is 12.6 Å². The van der Waals surface area contributed by atoms with Gasteiger partial charge in [0.1, 0.15) is 0 Å². The third-order valence-corrected chi connectivity index (χ3v) is 5.06. The summed E-state index contributed by atoms with van der Waals surface area (Å²) in [6, 6.07) is -0.894. The lowest BCUT2D eigenvalue weighted by Gasteiger charge is -2.39.